The van der Waals surface area contributed by atoms with Crippen LogP contribution >= 0.6 is 0 Å². The maximum atomic E-state index is 11.7. The van der Waals surface area contributed by atoms with Crippen molar-refractivity contribution in [3.8, 4) is 11.5 Å². The SMILES string of the molecule is CC(C)(c1ccc(O)c(S(=O)(=O)O)[c]1[Na])c1ccc(O)c(S(=O)(=O)O)[c]1[Na]. The first-order valence-corrected chi connectivity index (χ1v) is 12.6. The fourth-order valence-corrected chi connectivity index (χ4v) is 8.81. The van der Waals surface area contributed by atoms with Crippen LogP contribution in [0, 0.1) is 0 Å². The van der Waals surface area contributed by atoms with Gasteiger partial charge in [0.2, 0.25) is 0 Å². The number of phenols is 2. The van der Waals surface area contributed by atoms with Gasteiger partial charge in [0, 0.05) is 0 Å². The van der Waals surface area contributed by atoms with E-state index in [1.165, 1.54) is 12.1 Å². The molecule has 0 saturated heterocycles. The van der Waals surface area contributed by atoms with Gasteiger partial charge in [0.15, 0.2) is 0 Å². The molecule has 2 aromatic carbocycles. The Morgan fingerprint density at radius 2 is 1.04 bits per heavy atom. The van der Waals surface area contributed by atoms with Crippen molar-refractivity contribution in [3.05, 3.63) is 35.4 Å². The third-order valence-electron chi connectivity index (χ3n) is 4.63. The van der Waals surface area contributed by atoms with Crippen molar-refractivity contribution in [3.63, 3.8) is 0 Å². The summed E-state index contributed by atoms with van der Waals surface area (Å²) in [5.74, 6) is -1.14. The molecule has 0 heterocycles. The van der Waals surface area contributed by atoms with Gasteiger partial charge in [0.05, 0.1) is 0 Å². The van der Waals surface area contributed by atoms with Crippen molar-refractivity contribution < 1.29 is 36.2 Å². The molecule has 0 atom stereocenters. The molecule has 0 unspecified atom stereocenters. The van der Waals surface area contributed by atoms with Gasteiger partial charge in [0.25, 0.3) is 0 Å². The van der Waals surface area contributed by atoms with E-state index in [1.807, 2.05) is 0 Å². The molecule has 0 bridgehead atoms. The summed E-state index contributed by atoms with van der Waals surface area (Å²) in [6.07, 6.45) is 0. The Balaban J connectivity index is 2.87. The van der Waals surface area contributed by atoms with Gasteiger partial charge in [-0.2, -0.15) is 0 Å². The number of hydrogen-bond donors (Lipinski definition) is 4. The van der Waals surface area contributed by atoms with Gasteiger partial charge in [-0.05, 0) is 0 Å². The Labute approximate surface area is 191 Å². The van der Waals surface area contributed by atoms with Gasteiger partial charge >= 0.3 is 194 Å². The molecule has 8 nitrogen and oxygen atoms in total. The van der Waals surface area contributed by atoms with Gasteiger partial charge in [-0.25, -0.2) is 0 Å². The molecule has 2 rings (SSSR count). The quantitative estimate of drug-likeness (QED) is 0.373. The Hall–Kier alpha value is -0.140. The third kappa shape index (κ3) is 4.40. The molecule has 0 aliphatic carbocycles. The second-order valence-electron chi connectivity index (χ2n) is 6.75. The topological polar surface area (TPSA) is 149 Å². The van der Waals surface area contributed by atoms with E-state index >= 15 is 0 Å². The molecule has 27 heavy (non-hydrogen) atoms. The van der Waals surface area contributed by atoms with Gasteiger partial charge in [-0.3, -0.25) is 0 Å². The first-order valence-electron chi connectivity index (χ1n) is 7.71. The Morgan fingerprint density at radius 3 is 1.30 bits per heavy atom. The first kappa shape index (κ1) is 23.1. The van der Waals surface area contributed by atoms with Crippen LogP contribution in [0.5, 0.6) is 11.5 Å². The molecule has 0 radical (unpaired) electrons. The van der Waals surface area contributed by atoms with Gasteiger partial charge < -0.3 is 0 Å². The van der Waals surface area contributed by atoms with E-state index in [4.69, 9.17) is 0 Å². The molecule has 0 amide bonds. The number of hydrogen-bond acceptors (Lipinski definition) is 6. The van der Waals surface area contributed by atoms with Crippen molar-refractivity contribution in [1.29, 1.82) is 0 Å². The van der Waals surface area contributed by atoms with E-state index in [0.717, 1.165) is 12.1 Å². The molecular formula is C15H14Na2O8S2. The van der Waals surface area contributed by atoms with Crippen molar-refractivity contribution >= 4 is 81.7 Å². The van der Waals surface area contributed by atoms with Crippen LogP contribution in [0.2, 0.25) is 0 Å². The van der Waals surface area contributed by atoms with Crippen LogP contribution in [0.25, 0.3) is 0 Å². The molecule has 0 aliphatic heterocycles. The minimum atomic E-state index is -4.66. The molecule has 0 spiro atoms. The van der Waals surface area contributed by atoms with Crippen molar-refractivity contribution in [2.45, 2.75) is 29.1 Å². The van der Waals surface area contributed by atoms with Crippen LogP contribution in [0.15, 0.2) is 34.1 Å². The predicted molar refractivity (Wildman–Crippen MR) is 98.7 cm³/mol. The second-order valence-corrected chi connectivity index (χ2v) is 11.5. The Kier molecular flexibility index (Phi) is 6.51. The van der Waals surface area contributed by atoms with Gasteiger partial charge in [0.1, 0.15) is 0 Å². The number of rotatable bonds is 4. The fraction of sp³-hybridized carbons (Fsp3) is 0.200. The fourth-order valence-electron chi connectivity index (χ4n) is 3.51. The molecule has 0 aliphatic rings. The molecular weight excluding hydrogens is 418 g/mol. The zero-order valence-electron chi connectivity index (χ0n) is 15.0. The van der Waals surface area contributed by atoms with Crippen LogP contribution in [0.1, 0.15) is 25.0 Å². The summed E-state index contributed by atoms with van der Waals surface area (Å²) in [6.45, 7) is 3.44. The van der Waals surface area contributed by atoms with Gasteiger partial charge in [-0.15, -0.1) is 0 Å². The summed E-state index contributed by atoms with van der Waals surface area (Å²) in [6, 6.07) is 5.32. The van der Waals surface area contributed by atoms with Crippen LogP contribution in [0.3, 0.4) is 0 Å². The Morgan fingerprint density at radius 1 is 0.741 bits per heavy atom. The number of phenolic OH excluding ortho intramolecular Hbond substituents is 2. The van der Waals surface area contributed by atoms with Crippen LogP contribution in [-0.4, -0.2) is 92.0 Å². The summed E-state index contributed by atoms with van der Waals surface area (Å²) in [7, 11) is -9.32. The van der Waals surface area contributed by atoms with E-state index in [1.54, 1.807) is 13.8 Å². The summed E-state index contributed by atoms with van der Waals surface area (Å²) in [5.41, 5.74) is 0.0152. The average molecular weight is 432 g/mol. The third-order valence-corrected chi connectivity index (χ3v) is 9.50. The molecule has 4 N–H and O–H groups in total. The normalized spacial score (nSPS) is 13.0. The molecule has 136 valence electrons. The van der Waals surface area contributed by atoms with Crippen LogP contribution < -0.4 is 5.63 Å². The molecule has 2 aromatic rings. The average Bonchev–Trinajstić information content (AvgIpc) is 2.43. The molecule has 12 heteroatoms. The van der Waals surface area contributed by atoms with E-state index < -0.39 is 46.9 Å². The summed E-state index contributed by atoms with van der Waals surface area (Å²) in [4.78, 5) is -1.13. The minimum absolute atomic E-state index is 0.169. The van der Waals surface area contributed by atoms with Gasteiger partial charge in [-0.1, -0.05) is 0 Å². The summed E-state index contributed by atoms with van der Waals surface area (Å²) in [5, 5.41) is 19.7. The monoisotopic (exact) mass is 432 g/mol. The number of benzene rings is 2. The molecule has 0 fully saturated rings. The zero-order valence-corrected chi connectivity index (χ0v) is 20.7. The van der Waals surface area contributed by atoms with E-state index in [0.29, 0.717) is 11.1 Å². The van der Waals surface area contributed by atoms with E-state index in [-0.39, 0.29) is 61.5 Å². The molecule has 0 aromatic heterocycles. The van der Waals surface area contributed by atoms with E-state index in [2.05, 4.69) is 0 Å². The van der Waals surface area contributed by atoms with E-state index in [9.17, 15) is 36.2 Å². The predicted octanol–water partition coefficient (Wildman–Crippen LogP) is -0.495. The van der Waals surface area contributed by atoms with Crippen molar-refractivity contribution in [2.75, 3.05) is 0 Å². The van der Waals surface area contributed by atoms with Crippen LogP contribution in [-0.2, 0) is 25.7 Å². The van der Waals surface area contributed by atoms with Crippen LogP contribution in [0.4, 0.5) is 0 Å². The standard InChI is InChI=1S/C15H14O8S2.2Na/c1-15(2,9-3-5-11(16)13(7-9)24(18,19)20)10-4-6-12(17)14(8-10)25(21,22)23;;/h3-6,16-17H,1-2H3,(H,18,19,20)(H,21,22,23);;. The maximum absolute atomic E-state index is 11.7. The zero-order chi connectivity index (χ0) is 20.9. The Bertz CT molecular complexity index is 1050. The number of aromatic hydroxyl groups is 2. The van der Waals surface area contributed by atoms with Crippen molar-refractivity contribution in [1.82, 2.24) is 0 Å². The molecule has 0 saturated carbocycles. The second kappa shape index (κ2) is 7.60. The summed E-state index contributed by atoms with van der Waals surface area (Å²) < 4.78 is 66.0. The first-order chi connectivity index (χ1) is 12.1. The summed E-state index contributed by atoms with van der Waals surface area (Å²) >= 11 is 0.338. The van der Waals surface area contributed by atoms with Crippen molar-refractivity contribution in [2.24, 2.45) is 0 Å².